The third-order valence-corrected chi connectivity index (χ3v) is 3.52. The number of imidazole rings is 1. The number of nitrogens with two attached hydrogens (primary N) is 1. The summed E-state index contributed by atoms with van der Waals surface area (Å²) in [5, 5.41) is 0. The molecule has 0 amide bonds. The van der Waals surface area contributed by atoms with E-state index in [0.717, 1.165) is 18.2 Å². The smallest absolute Gasteiger partial charge is 0.130 e. The second-order valence-electron chi connectivity index (χ2n) is 5.57. The monoisotopic (exact) mass is 208 g/mol. The fraction of sp³-hybridized carbons (Fsp3) is 0.727. The first kappa shape index (κ1) is 10.5. The molecule has 0 radical (unpaired) electrons. The number of nitrogen functional groups attached to an aromatic ring is 1. The maximum Gasteiger partial charge on any atom is 0.130 e. The first-order valence-electron chi connectivity index (χ1n) is 5.32. The molecule has 0 aromatic carbocycles. The van der Waals surface area contributed by atoms with Crippen molar-refractivity contribution in [2.75, 3.05) is 19.3 Å². The summed E-state index contributed by atoms with van der Waals surface area (Å²) >= 11 is 0. The van der Waals surface area contributed by atoms with Crippen molar-refractivity contribution in [1.82, 2.24) is 14.5 Å². The van der Waals surface area contributed by atoms with Crippen molar-refractivity contribution in [3.63, 3.8) is 0 Å². The van der Waals surface area contributed by atoms with E-state index in [1.807, 2.05) is 0 Å². The zero-order valence-corrected chi connectivity index (χ0v) is 10.2. The maximum absolute atomic E-state index is 5.99. The van der Waals surface area contributed by atoms with Crippen LogP contribution in [-0.2, 0) is 11.1 Å². The van der Waals surface area contributed by atoms with Crippen molar-refractivity contribution < 1.29 is 0 Å². The number of hydrogen-bond donors (Lipinski definition) is 1. The Labute approximate surface area is 91.1 Å². The fourth-order valence-electron chi connectivity index (χ4n) is 2.45. The third-order valence-electron chi connectivity index (χ3n) is 3.52. The Morgan fingerprint density at radius 1 is 1.33 bits per heavy atom. The van der Waals surface area contributed by atoms with Crippen molar-refractivity contribution in [2.45, 2.75) is 38.8 Å². The lowest BCUT2D eigenvalue weighted by atomic mass is 9.91. The molecule has 4 heteroatoms. The van der Waals surface area contributed by atoms with Gasteiger partial charge in [-0.05, 0) is 34.7 Å². The first-order chi connectivity index (χ1) is 6.77. The van der Waals surface area contributed by atoms with E-state index in [4.69, 9.17) is 5.73 Å². The van der Waals surface area contributed by atoms with Crippen LogP contribution < -0.4 is 5.73 Å². The molecule has 1 aromatic heterocycles. The molecule has 2 N–H and O–H groups in total. The van der Waals surface area contributed by atoms with Gasteiger partial charge in [0, 0.05) is 6.54 Å². The summed E-state index contributed by atoms with van der Waals surface area (Å²) in [5.41, 5.74) is 5.95. The van der Waals surface area contributed by atoms with E-state index in [1.165, 1.54) is 0 Å². The van der Waals surface area contributed by atoms with Crippen LogP contribution in [0.1, 0.15) is 33.5 Å². The molecule has 0 fully saturated rings. The topological polar surface area (TPSA) is 47.1 Å². The molecule has 2 heterocycles. The molecule has 0 bridgehead atoms. The second kappa shape index (κ2) is 2.76. The standard InChI is InChI=1S/C11H20N4/c1-10(2)7-14(5)11(3,4)9-13-6-8(12)15(9)10/h6H,7,12H2,1-5H3. The molecule has 1 aliphatic heterocycles. The molecule has 84 valence electrons. The molecular formula is C11H20N4. The molecule has 0 unspecified atom stereocenters. The van der Waals surface area contributed by atoms with E-state index >= 15 is 0 Å². The van der Waals surface area contributed by atoms with E-state index in [9.17, 15) is 0 Å². The lowest BCUT2D eigenvalue weighted by Gasteiger charge is -2.47. The van der Waals surface area contributed by atoms with Crippen molar-refractivity contribution in [2.24, 2.45) is 0 Å². The van der Waals surface area contributed by atoms with Gasteiger partial charge in [-0.2, -0.15) is 0 Å². The molecule has 1 aliphatic rings. The van der Waals surface area contributed by atoms with Crippen LogP contribution in [0.15, 0.2) is 6.20 Å². The maximum atomic E-state index is 5.99. The highest BCUT2D eigenvalue weighted by atomic mass is 15.3. The third kappa shape index (κ3) is 1.28. The molecule has 0 saturated heterocycles. The molecule has 1 aromatic rings. The van der Waals surface area contributed by atoms with Gasteiger partial charge in [0.25, 0.3) is 0 Å². The van der Waals surface area contributed by atoms with Crippen LogP contribution >= 0.6 is 0 Å². The van der Waals surface area contributed by atoms with Crippen LogP contribution in [0.25, 0.3) is 0 Å². The van der Waals surface area contributed by atoms with Crippen molar-refractivity contribution >= 4 is 5.82 Å². The van der Waals surface area contributed by atoms with Gasteiger partial charge in [0.05, 0.1) is 17.3 Å². The fourth-order valence-corrected chi connectivity index (χ4v) is 2.45. The van der Waals surface area contributed by atoms with E-state index < -0.39 is 0 Å². The average molecular weight is 208 g/mol. The number of fused-ring (bicyclic) bond motifs is 1. The Bertz CT molecular complexity index is 389. The van der Waals surface area contributed by atoms with Gasteiger partial charge in [-0.25, -0.2) is 4.98 Å². The number of aromatic nitrogens is 2. The van der Waals surface area contributed by atoms with Gasteiger partial charge < -0.3 is 10.3 Å². The SMILES string of the molecule is CN1CC(C)(C)n2c(N)cnc2C1(C)C. The Hall–Kier alpha value is -1.03. The summed E-state index contributed by atoms with van der Waals surface area (Å²) in [5.74, 6) is 1.81. The highest BCUT2D eigenvalue weighted by Crippen LogP contribution is 2.37. The summed E-state index contributed by atoms with van der Waals surface area (Å²) in [6, 6.07) is 0. The minimum Gasteiger partial charge on any atom is -0.384 e. The van der Waals surface area contributed by atoms with E-state index in [2.05, 4.69) is 49.2 Å². The zero-order chi connectivity index (χ0) is 11.4. The Morgan fingerprint density at radius 2 is 1.93 bits per heavy atom. The number of rotatable bonds is 0. The predicted molar refractivity (Wildman–Crippen MR) is 61.6 cm³/mol. The molecule has 15 heavy (non-hydrogen) atoms. The number of likely N-dealkylation sites (N-methyl/N-ethyl adjacent to an activating group) is 1. The van der Waals surface area contributed by atoms with Gasteiger partial charge >= 0.3 is 0 Å². The molecule has 2 rings (SSSR count). The second-order valence-corrected chi connectivity index (χ2v) is 5.57. The largest absolute Gasteiger partial charge is 0.384 e. The van der Waals surface area contributed by atoms with Crippen LogP contribution in [0.3, 0.4) is 0 Å². The minimum absolute atomic E-state index is 0.0141. The van der Waals surface area contributed by atoms with Gasteiger partial charge in [-0.1, -0.05) is 0 Å². The quantitative estimate of drug-likeness (QED) is 0.700. The van der Waals surface area contributed by atoms with Gasteiger partial charge in [-0.3, -0.25) is 4.90 Å². The van der Waals surface area contributed by atoms with Gasteiger partial charge in [0.1, 0.15) is 11.6 Å². The summed E-state index contributed by atoms with van der Waals surface area (Å²) in [7, 11) is 2.14. The molecule has 4 nitrogen and oxygen atoms in total. The zero-order valence-electron chi connectivity index (χ0n) is 10.2. The highest BCUT2D eigenvalue weighted by Gasteiger charge is 2.42. The summed E-state index contributed by atoms with van der Waals surface area (Å²) in [6.45, 7) is 9.73. The van der Waals surface area contributed by atoms with Crippen LogP contribution in [0.4, 0.5) is 5.82 Å². The molecular weight excluding hydrogens is 188 g/mol. The van der Waals surface area contributed by atoms with Crippen molar-refractivity contribution in [1.29, 1.82) is 0 Å². The summed E-state index contributed by atoms with van der Waals surface area (Å²) in [6.07, 6.45) is 1.76. The van der Waals surface area contributed by atoms with Gasteiger partial charge in [0.15, 0.2) is 0 Å². The van der Waals surface area contributed by atoms with Gasteiger partial charge in [0.2, 0.25) is 0 Å². The first-order valence-corrected chi connectivity index (χ1v) is 5.32. The number of hydrogen-bond acceptors (Lipinski definition) is 3. The Balaban J connectivity index is 2.66. The van der Waals surface area contributed by atoms with Crippen LogP contribution in [0.5, 0.6) is 0 Å². The average Bonchev–Trinajstić information content (AvgIpc) is 2.45. The van der Waals surface area contributed by atoms with Crippen LogP contribution in [0, 0.1) is 0 Å². The Morgan fingerprint density at radius 3 is 2.53 bits per heavy atom. The summed E-state index contributed by atoms with van der Waals surface area (Å²) in [4.78, 5) is 6.78. The van der Waals surface area contributed by atoms with E-state index in [1.54, 1.807) is 6.20 Å². The van der Waals surface area contributed by atoms with E-state index in [0.29, 0.717) is 0 Å². The van der Waals surface area contributed by atoms with Crippen LogP contribution in [0.2, 0.25) is 0 Å². The lowest BCUT2D eigenvalue weighted by Crippen LogP contribution is -2.55. The van der Waals surface area contributed by atoms with E-state index in [-0.39, 0.29) is 11.1 Å². The summed E-state index contributed by atoms with van der Waals surface area (Å²) < 4.78 is 2.16. The van der Waals surface area contributed by atoms with Crippen LogP contribution in [-0.4, -0.2) is 28.0 Å². The number of nitrogens with zero attached hydrogens (tertiary/aromatic N) is 3. The molecule has 0 saturated carbocycles. The van der Waals surface area contributed by atoms with Crippen molar-refractivity contribution in [3.05, 3.63) is 12.0 Å². The minimum atomic E-state index is -0.0485. The highest BCUT2D eigenvalue weighted by molar-refractivity contribution is 5.34. The molecule has 0 atom stereocenters. The predicted octanol–water partition coefficient (Wildman–Crippen LogP) is 1.38. The molecule has 0 aliphatic carbocycles. The van der Waals surface area contributed by atoms with Crippen molar-refractivity contribution in [3.8, 4) is 0 Å². The lowest BCUT2D eigenvalue weighted by molar-refractivity contribution is 0.0536. The normalized spacial score (nSPS) is 23.8. The number of anilines is 1. The van der Waals surface area contributed by atoms with Gasteiger partial charge in [-0.15, -0.1) is 0 Å². The molecule has 0 spiro atoms. The Kier molecular flexibility index (Phi) is 1.93.